The zero-order valence-electron chi connectivity index (χ0n) is 13.6. The van der Waals surface area contributed by atoms with Crippen LogP contribution in [0.5, 0.6) is 0 Å². The van der Waals surface area contributed by atoms with E-state index in [-0.39, 0.29) is 11.9 Å². The third-order valence-electron chi connectivity index (χ3n) is 4.19. The van der Waals surface area contributed by atoms with Crippen molar-refractivity contribution in [1.29, 1.82) is 0 Å². The van der Waals surface area contributed by atoms with Crippen molar-refractivity contribution in [3.8, 4) is 0 Å². The SMILES string of the molecule is CSC1O[C@H]([C@H](N)[C@H](C)Sc2ccc(CO)cc2)C(O)C(O)[C@H]1O. The van der Waals surface area contributed by atoms with Crippen molar-refractivity contribution in [3.05, 3.63) is 29.8 Å². The van der Waals surface area contributed by atoms with E-state index < -0.39 is 35.9 Å². The molecule has 0 aliphatic carbocycles. The first-order chi connectivity index (χ1) is 11.4. The second-order valence-electron chi connectivity index (χ2n) is 5.88. The molecule has 6 N–H and O–H groups in total. The Hall–Kier alpha value is -0.320. The van der Waals surface area contributed by atoms with Gasteiger partial charge in [-0.1, -0.05) is 19.1 Å². The number of aliphatic hydroxyl groups is 4. The van der Waals surface area contributed by atoms with Crippen molar-refractivity contribution in [2.75, 3.05) is 6.26 Å². The fraction of sp³-hybridized carbons (Fsp3) is 0.625. The van der Waals surface area contributed by atoms with Crippen LogP contribution in [-0.2, 0) is 11.3 Å². The molecule has 0 amide bonds. The highest BCUT2D eigenvalue weighted by Gasteiger charge is 2.46. The molecule has 24 heavy (non-hydrogen) atoms. The van der Waals surface area contributed by atoms with Gasteiger partial charge < -0.3 is 30.9 Å². The van der Waals surface area contributed by atoms with Gasteiger partial charge in [-0.3, -0.25) is 0 Å². The molecule has 3 unspecified atom stereocenters. The highest BCUT2D eigenvalue weighted by molar-refractivity contribution is 8.00. The highest BCUT2D eigenvalue weighted by Crippen LogP contribution is 2.32. The maximum absolute atomic E-state index is 10.2. The predicted molar refractivity (Wildman–Crippen MR) is 95.9 cm³/mol. The lowest BCUT2D eigenvalue weighted by molar-refractivity contribution is -0.202. The first-order valence-corrected chi connectivity index (χ1v) is 9.90. The smallest absolute Gasteiger partial charge is 0.132 e. The number of benzene rings is 1. The van der Waals surface area contributed by atoms with E-state index in [9.17, 15) is 15.3 Å². The van der Waals surface area contributed by atoms with Crippen molar-refractivity contribution < 1.29 is 25.2 Å². The molecular formula is C16H25NO5S2. The molecule has 7 atom stereocenters. The van der Waals surface area contributed by atoms with Gasteiger partial charge in [0.1, 0.15) is 29.9 Å². The first kappa shape index (κ1) is 20.0. The summed E-state index contributed by atoms with van der Waals surface area (Å²) < 4.78 is 5.72. The molecule has 0 spiro atoms. The fourth-order valence-electron chi connectivity index (χ4n) is 2.62. The van der Waals surface area contributed by atoms with Crippen LogP contribution in [0.4, 0.5) is 0 Å². The first-order valence-electron chi connectivity index (χ1n) is 7.73. The Morgan fingerprint density at radius 2 is 1.75 bits per heavy atom. The van der Waals surface area contributed by atoms with Crippen LogP contribution in [0, 0.1) is 0 Å². The number of thioether (sulfide) groups is 2. The molecule has 0 saturated carbocycles. The number of nitrogens with two attached hydrogens (primary N) is 1. The average Bonchev–Trinajstić information content (AvgIpc) is 2.60. The standard InChI is InChI=1S/C16H25NO5S2/c1-8(24-10-5-3-9(7-18)4-6-10)11(17)15-13(20)12(19)14(21)16(22-15)23-2/h3-6,8,11-16,18-21H,7,17H2,1-2H3/t8-,11+,12?,13?,14+,15+,16?/m0/s1. The quantitative estimate of drug-likeness (QED) is 0.447. The van der Waals surface area contributed by atoms with Gasteiger partial charge in [-0.15, -0.1) is 23.5 Å². The zero-order valence-corrected chi connectivity index (χ0v) is 15.3. The molecule has 1 fully saturated rings. The lowest BCUT2D eigenvalue weighted by Gasteiger charge is -2.43. The van der Waals surface area contributed by atoms with Crippen LogP contribution in [0.25, 0.3) is 0 Å². The van der Waals surface area contributed by atoms with Crippen LogP contribution in [-0.4, -0.2) is 67.8 Å². The fourth-order valence-corrected chi connectivity index (χ4v) is 4.33. The van der Waals surface area contributed by atoms with Crippen molar-refractivity contribution >= 4 is 23.5 Å². The van der Waals surface area contributed by atoms with E-state index in [2.05, 4.69) is 0 Å². The van der Waals surface area contributed by atoms with Gasteiger partial charge in [0.05, 0.1) is 6.61 Å². The third-order valence-corrected chi connectivity index (χ3v) is 6.27. The van der Waals surface area contributed by atoms with E-state index in [1.54, 1.807) is 6.26 Å². The van der Waals surface area contributed by atoms with Gasteiger partial charge in [0.15, 0.2) is 0 Å². The molecule has 136 valence electrons. The maximum Gasteiger partial charge on any atom is 0.132 e. The van der Waals surface area contributed by atoms with Crippen molar-refractivity contribution in [2.24, 2.45) is 5.73 Å². The Morgan fingerprint density at radius 3 is 2.29 bits per heavy atom. The Morgan fingerprint density at radius 1 is 1.12 bits per heavy atom. The van der Waals surface area contributed by atoms with E-state index in [1.807, 2.05) is 31.2 Å². The monoisotopic (exact) mass is 375 g/mol. The molecule has 0 bridgehead atoms. The van der Waals surface area contributed by atoms with Gasteiger partial charge in [-0.05, 0) is 24.0 Å². The zero-order chi connectivity index (χ0) is 17.9. The van der Waals surface area contributed by atoms with Crippen LogP contribution in [0.1, 0.15) is 12.5 Å². The second-order valence-corrected chi connectivity index (χ2v) is 8.27. The average molecular weight is 376 g/mol. The lowest BCUT2D eigenvalue weighted by Crippen LogP contribution is -2.62. The van der Waals surface area contributed by atoms with Gasteiger partial charge in [0.25, 0.3) is 0 Å². The van der Waals surface area contributed by atoms with Crippen LogP contribution in [0.15, 0.2) is 29.2 Å². The van der Waals surface area contributed by atoms with Crippen LogP contribution >= 0.6 is 23.5 Å². The van der Waals surface area contributed by atoms with E-state index in [1.165, 1.54) is 23.5 Å². The summed E-state index contributed by atoms with van der Waals surface area (Å²) in [4.78, 5) is 0.988. The lowest BCUT2D eigenvalue weighted by atomic mass is 9.94. The van der Waals surface area contributed by atoms with Gasteiger partial charge >= 0.3 is 0 Å². The van der Waals surface area contributed by atoms with Crippen LogP contribution in [0.3, 0.4) is 0 Å². The van der Waals surface area contributed by atoms with E-state index in [0.29, 0.717) is 0 Å². The van der Waals surface area contributed by atoms with Gasteiger partial charge in [-0.2, -0.15) is 0 Å². The summed E-state index contributed by atoms with van der Waals surface area (Å²) in [5.41, 5.74) is 6.47. The molecule has 1 aromatic carbocycles. The van der Waals surface area contributed by atoms with Crippen LogP contribution < -0.4 is 5.73 Å². The second kappa shape index (κ2) is 8.86. The molecule has 1 aliphatic heterocycles. The summed E-state index contributed by atoms with van der Waals surface area (Å²) >= 11 is 2.80. The molecule has 1 aromatic rings. The molecule has 1 aliphatic rings. The minimum atomic E-state index is -1.28. The number of rotatable bonds is 6. The van der Waals surface area contributed by atoms with E-state index >= 15 is 0 Å². The summed E-state index contributed by atoms with van der Waals surface area (Å²) in [7, 11) is 0. The largest absolute Gasteiger partial charge is 0.392 e. The number of hydrogen-bond acceptors (Lipinski definition) is 8. The Bertz CT molecular complexity index is 516. The minimum Gasteiger partial charge on any atom is -0.392 e. The maximum atomic E-state index is 10.2. The molecule has 8 heteroatoms. The Balaban J connectivity index is 2.03. The highest BCUT2D eigenvalue weighted by atomic mass is 32.2. The Labute approximate surface area is 150 Å². The normalized spacial score (nSPS) is 33.2. The number of hydrogen-bond donors (Lipinski definition) is 5. The molecule has 1 saturated heterocycles. The summed E-state index contributed by atoms with van der Waals surface area (Å²) in [5, 5.41) is 39.1. The van der Waals surface area contributed by atoms with Crippen molar-refractivity contribution in [2.45, 2.75) is 59.6 Å². The summed E-state index contributed by atoms with van der Waals surface area (Å²) in [6, 6.07) is 6.97. The van der Waals surface area contributed by atoms with E-state index in [4.69, 9.17) is 15.6 Å². The summed E-state index contributed by atoms with van der Waals surface area (Å²) in [6.07, 6.45) is -2.67. The third kappa shape index (κ3) is 4.44. The Kier molecular flexibility index (Phi) is 7.39. The minimum absolute atomic E-state index is 0.00158. The molecule has 6 nitrogen and oxygen atoms in total. The van der Waals surface area contributed by atoms with Gasteiger partial charge in [-0.25, -0.2) is 0 Å². The molecule has 0 radical (unpaired) electrons. The summed E-state index contributed by atoms with van der Waals surface area (Å²) in [6.45, 7) is 1.93. The number of ether oxygens (including phenoxy) is 1. The van der Waals surface area contributed by atoms with Gasteiger partial charge in [0, 0.05) is 16.2 Å². The van der Waals surface area contributed by atoms with Crippen molar-refractivity contribution in [1.82, 2.24) is 0 Å². The molecule has 2 rings (SSSR count). The number of aliphatic hydroxyl groups excluding tert-OH is 4. The summed E-state index contributed by atoms with van der Waals surface area (Å²) in [5.74, 6) is 0. The predicted octanol–water partition coefficient (Wildman–Crippen LogP) is 0.157. The van der Waals surface area contributed by atoms with Crippen molar-refractivity contribution in [3.63, 3.8) is 0 Å². The van der Waals surface area contributed by atoms with E-state index in [0.717, 1.165) is 10.5 Å². The molecule has 0 aromatic heterocycles. The molecule has 1 heterocycles. The van der Waals surface area contributed by atoms with Gasteiger partial charge in [0.2, 0.25) is 0 Å². The molecular weight excluding hydrogens is 350 g/mol. The topological polar surface area (TPSA) is 116 Å². The van der Waals surface area contributed by atoms with Crippen LogP contribution in [0.2, 0.25) is 0 Å².